The second-order valence-electron chi connectivity index (χ2n) is 6.64. The number of carbonyl (C=O) groups excluding carboxylic acids is 2. The lowest BCUT2D eigenvalue weighted by Crippen LogP contribution is -2.38. The van der Waals surface area contributed by atoms with E-state index < -0.39 is 17.4 Å². The van der Waals surface area contributed by atoms with E-state index in [2.05, 4.69) is 0 Å². The molecule has 23 heavy (non-hydrogen) atoms. The van der Waals surface area contributed by atoms with Gasteiger partial charge in [-0.15, -0.1) is 0 Å². The largest absolute Gasteiger partial charge is 0.362 e. The van der Waals surface area contributed by atoms with E-state index in [9.17, 15) is 9.59 Å². The van der Waals surface area contributed by atoms with Crippen molar-refractivity contribution in [3.63, 3.8) is 0 Å². The molecule has 4 nitrogen and oxygen atoms in total. The predicted octanol–water partition coefficient (Wildman–Crippen LogP) is 2.67. The van der Waals surface area contributed by atoms with Crippen LogP contribution in [0.4, 0.5) is 5.69 Å². The Hall–Kier alpha value is -2.46. The quantitative estimate of drug-likeness (QED) is 0.601. The van der Waals surface area contributed by atoms with Gasteiger partial charge in [-0.05, 0) is 18.4 Å². The normalized spacial score (nSPS) is 34.7. The summed E-state index contributed by atoms with van der Waals surface area (Å²) in [5, 5.41) is 1.94. The second-order valence-corrected chi connectivity index (χ2v) is 6.64. The Morgan fingerprint density at radius 1 is 1.04 bits per heavy atom. The molecule has 3 heterocycles. The number of hydrogen-bond donors (Lipinski definition) is 0. The Bertz CT molecular complexity index is 897. The van der Waals surface area contributed by atoms with E-state index >= 15 is 0 Å². The van der Waals surface area contributed by atoms with Crippen molar-refractivity contribution in [3.05, 3.63) is 54.6 Å². The highest BCUT2D eigenvalue weighted by molar-refractivity contribution is 6.26. The van der Waals surface area contributed by atoms with E-state index in [-0.39, 0.29) is 17.9 Å². The van der Waals surface area contributed by atoms with Crippen LogP contribution in [0.5, 0.6) is 0 Å². The summed E-state index contributed by atoms with van der Waals surface area (Å²) < 4.78 is 5.86. The minimum absolute atomic E-state index is 0.144. The number of fused-ring (bicyclic) bond motifs is 6. The number of ether oxygens (including phenoxy) is 1. The number of anilines is 1. The first-order valence-corrected chi connectivity index (χ1v) is 7.83. The van der Waals surface area contributed by atoms with Crippen molar-refractivity contribution in [2.24, 2.45) is 11.8 Å². The highest BCUT2D eigenvalue weighted by Crippen LogP contribution is 2.52. The first kappa shape index (κ1) is 13.0. The highest BCUT2D eigenvalue weighted by Gasteiger charge is 2.66. The van der Waals surface area contributed by atoms with Crippen LogP contribution in [0.25, 0.3) is 10.8 Å². The molecule has 4 heteroatoms. The van der Waals surface area contributed by atoms with Crippen LogP contribution in [0.15, 0.2) is 54.6 Å². The second kappa shape index (κ2) is 4.09. The van der Waals surface area contributed by atoms with Crippen LogP contribution in [0.2, 0.25) is 0 Å². The molecule has 2 saturated heterocycles. The summed E-state index contributed by atoms with van der Waals surface area (Å²) in [4.78, 5) is 27.4. The van der Waals surface area contributed by atoms with Crippen molar-refractivity contribution < 1.29 is 14.3 Å². The number of rotatable bonds is 1. The van der Waals surface area contributed by atoms with Gasteiger partial charge in [-0.3, -0.25) is 9.59 Å². The van der Waals surface area contributed by atoms with Crippen LogP contribution in [0.1, 0.15) is 6.92 Å². The van der Waals surface area contributed by atoms with Gasteiger partial charge in [0.05, 0.1) is 29.2 Å². The maximum Gasteiger partial charge on any atom is 0.241 e. The van der Waals surface area contributed by atoms with Crippen LogP contribution in [0, 0.1) is 11.8 Å². The first-order chi connectivity index (χ1) is 11.1. The fourth-order valence-electron chi connectivity index (χ4n) is 4.29. The molecule has 3 aliphatic rings. The summed E-state index contributed by atoms with van der Waals surface area (Å²) in [7, 11) is 0. The Morgan fingerprint density at radius 2 is 1.83 bits per heavy atom. The molecule has 2 fully saturated rings. The van der Waals surface area contributed by atoms with Gasteiger partial charge in [-0.1, -0.05) is 48.6 Å². The third-order valence-corrected chi connectivity index (χ3v) is 5.34. The fourth-order valence-corrected chi connectivity index (χ4v) is 4.29. The minimum atomic E-state index is -0.651. The van der Waals surface area contributed by atoms with Crippen LogP contribution < -0.4 is 4.90 Å². The molecule has 0 aliphatic carbocycles. The summed E-state index contributed by atoms with van der Waals surface area (Å²) in [5.74, 6) is -1.10. The van der Waals surface area contributed by atoms with E-state index in [4.69, 9.17) is 4.74 Å². The van der Waals surface area contributed by atoms with E-state index in [0.29, 0.717) is 5.69 Å². The Kier molecular flexibility index (Phi) is 2.31. The van der Waals surface area contributed by atoms with Gasteiger partial charge in [0.25, 0.3) is 0 Å². The summed E-state index contributed by atoms with van der Waals surface area (Å²) in [6.07, 6.45) is 3.57. The molecule has 2 aromatic carbocycles. The smallest absolute Gasteiger partial charge is 0.241 e. The van der Waals surface area contributed by atoms with Gasteiger partial charge in [0, 0.05) is 5.39 Å². The first-order valence-electron chi connectivity index (χ1n) is 7.83. The van der Waals surface area contributed by atoms with E-state index in [1.807, 2.05) is 61.5 Å². The van der Waals surface area contributed by atoms with Gasteiger partial charge in [0.2, 0.25) is 11.8 Å². The minimum Gasteiger partial charge on any atom is -0.362 e. The Balaban J connectivity index is 1.68. The average molecular weight is 305 g/mol. The SMILES string of the molecule is C[C@@]12C=C[C@H](O1)[C@@H]1C(=O)N(c3cccc4ccccc34)C(=O)[C@@H]12. The van der Waals surface area contributed by atoms with Gasteiger partial charge < -0.3 is 4.74 Å². The lowest BCUT2D eigenvalue weighted by molar-refractivity contribution is -0.126. The van der Waals surface area contributed by atoms with Gasteiger partial charge in [0.1, 0.15) is 0 Å². The molecule has 5 rings (SSSR count). The maximum absolute atomic E-state index is 13.0. The lowest BCUT2D eigenvalue weighted by Gasteiger charge is -2.24. The Morgan fingerprint density at radius 3 is 2.65 bits per heavy atom. The monoisotopic (exact) mass is 305 g/mol. The van der Waals surface area contributed by atoms with Gasteiger partial charge in [-0.2, -0.15) is 0 Å². The topological polar surface area (TPSA) is 46.6 Å². The Labute approximate surface area is 133 Å². The number of imide groups is 1. The van der Waals surface area contributed by atoms with Crippen molar-refractivity contribution >= 4 is 28.3 Å². The highest BCUT2D eigenvalue weighted by atomic mass is 16.5. The average Bonchev–Trinajstić information content (AvgIpc) is 3.16. The number of amides is 2. The molecular weight excluding hydrogens is 290 g/mol. The van der Waals surface area contributed by atoms with E-state index in [0.717, 1.165) is 10.8 Å². The molecule has 0 radical (unpaired) electrons. The number of hydrogen-bond acceptors (Lipinski definition) is 3. The fraction of sp³-hybridized carbons (Fsp3) is 0.263. The van der Waals surface area contributed by atoms with E-state index in [1.165, 1.54) is 4.90 Å². The zero-order valence-electron chi connectivity index (χ0n) is 12.6. The summed E-state index contributed by atoms with van der Waals surface area (Å²) in [6.45, 7) is 1.89. The van der Waals surface area contributed by atoms with Crippen LogP contribution in [-0.4, -0.2) is 23.5 Å². The molecule has 0 spiro atoms. The van der Waals surface area contributed by atoms with Crippen molar-refractivity contribution in [1.82, 2.24) is 0 Å². The molecule has 3 aliphatic heterocycles. The molecular formula is C19H15NO3. The molecule has 4 atom stereocenters. The summed E-state index contributed by atoms with van der Waals surface area (Å²) >= 11 is 0. The molecule has 2 bridgehead atoms. The molecule has 2 aromatic rings. The molecule has 0 unspecified atom stereocenters. The molecule has 0 aromatic heterocycles. The van der Waals surface area contributed by atoms with Gasteiger partial charge in [0.15, 0.2) is 0 Å². The number of carbonyl (C=O) groups is 2. The number of benzene rings is 2. The third kappa shape index (κ3) is 1.49. The lowest BCUT2D eigenvalue weighted by atomic mass is 9.78. The molecule has 0 saturated carbocycles. The van der Waals surface area contributed by atoms with E-state index in [1.54, 1.807) is 0 Å². The number of nitrogens with zero attached hydrogens (tertiary/aromatic N) is 1. The zero-order valence-corrected chi connectivity index (χ0v) is 12.6. The molecule has 114 valence electrons. The predicted molar refractivity (Wildman–Crippen MR) is 85.8 cm³/mol. The van der Waals surface area contributed by atoms with Crippen molar-refractivity contribution in [1.29, 1.82) is 0 Å². The van der Waals surface area contributed by atoms with Crippen LogP contribution in [-0.2, 0) is 14.3 Å². The van der Waals surface area contributed by atoms with Crippen LogP contribution in [0.3, 0.4) is 0 Å². The zero-order chi connectivity index (χ0) is 15.8. The summed E-state index contributed by atoms with van der Waals surface area (Å²) in [6, 6.07) is 13.5. The standard InChI is InChI=1S/C19H15NO3/c1-19-10-9-14(23-19)15-16(19)18(22)20(17(15)21)13-8-4-6-11-5-2-3-7-12(11)13/h2-10,14-16H,1H3/t14-,15-,16+,19-/m0/s1. The van der Waals surface area contributed by atoms with Gasteiger partial charge >= 0.3 is 0 Å². The van der Waals surface area contributed by atoms with Crippen molar-refractivity contribution in [2.45, 2.75) is 18.6 Å². The molecule has 0 N–H and O–H groups in total. The van der Waals surface area contributed by atoms with Crippen LogP contribution >= 0.6 is 0 Å². The van der Waals surface area contributed by atoms with Crippen molar-refractivity contribution in [2.75, 3.05) is 4.90 Å². The third-order valence-electron chi connectivity index (χ3n) is 5.34. The molecule has 2 amide bonds. The maximum atomic E-state index is 13.0. The van der Waals surface area contributed by atoms with Gasteiger partial charge in [-0.25, -0.2) is 4.90 Å². The summed E-state index contributed by atoms with van der Waals surface area (Å²) in [5.41, 5.74) is 0.0250. The van der Waals surface area contributed by atoms with Crippen molar-refractivity contribution in [3.8, 4) is 0 Å².